The molecule has 2 rings (SSSR count). The Balaban J connectivity index is 2.23. The van der Waals surface area contributed by atoms with Crippen LogP contribution in [0.15, 0.2) is 35.0 Å². The van der Waals surface area contributed by atoms with E-state index in [-0.39, 0.29) is 6.04 Å². The molecule has 108 valence electrons. The molecule has 0 amide bonds. The van der Waals surface area contributed by atoms with E-state index in [0.29, 0.717) is 12.0 Å². The number of thiophene rings is 1. The van der Waals surface area contributed by atoms with E-state index < -0.39 is 11.7 Å². The summed E-state index contributed by atoms with van der Waals surface area (Å²) in [6.45, 7) is 2.02. The maximum absolute atomic E-state index is 12.7. The van der Waals surface area contributed by atoms with Gasteiger partial charge < -0.3 is 5.32 Å². The largest absolute Gasteiger partial charge is 0.416 e. The molecular formula is C15H16F3NS. The van der Waals surface area contributed by atoms with Gasteiger partial charge in [-0.1, -0.05) is 18.2 Å². The molecule has 1 aromatic carbocycles. The summed E-state index contributed by atoms with van der Waals surface area (Å²) in [5.41, 5.74) is 2.41. The number of benzene rings is 1. The van der Waals surface area contributed by atoms with Gasteiger partial charge in [0.25, 0.3) is 0 Å². The topological polar surface area (TPSA) is 12.0 Å². The van der Waals surface area contributed by atoms with Gasteiger partial charge in [0.1, 0.15) is 0 Å². The van der Waals surface area contributed by atoms with Crippen molar-refractivity contribution in [3.8, 4) is 0 Å². The maximum atomic E-state index is 12.7. The molecule has 0 saturated heterocycles. The van der Waals surface area contributed by atoms with Crippen LogP contribution >= 0.6 is 11.3 Å². The Morgan fingerprint density at radius 3 is 2.55 bits per heavy atom. The lowest BCUT2D eigenvalue weighted by Gasteiger charge is -2.17. The fourth-order valence-corrected chi connectivity index (χ4v) is 3.11. The number of aryl methyl sites for hydroxylation is 1. The highest BCUT2D eigenvalue weighted by Gasteiger charge is 2.30. The highest BCUT2D eigenvalue weighted by Crippen LogP contribution is 2.31. The molecule has 0 aliphatic carbocycles. The van der Waals surface area contributed by atoms with E-state index in [4.69, 9.17) is 0 Å². The average Bonchev–Trinajstić information content (AvgIpc) is 2.81. The molecule has 0 fully saturated rings. The summed E-state index contributed by atoms with van der Waals surface area (Å²) < 4.78 is 38.1. The lowest BCUT2D eigenvalue weighted by atomic mass is 9.97. The van der Waals surface area contributed by atoms with Gasteiger partial charge >= 0.3 is 6.18 Å². The minimum absolute atomic E-state index is 0.0322. The van der Waals surface area contributed by atoms with Crippen molar-refractivity contribution in [2.24, 2.45) is 0 Å². The number of hydrogen-bond donors (Lipinski definition) is 1. The molecule has 1 nitrogen and oxygen atoms in total. The molecule has 1 unspecified atom stereocenters. The molecule has 2 aromatic rings. The molecule has 5 heteroatoms. The van der Waals surface area contributed by atoms with E-state index in [9.17, 15) is 13.2 Å². The molecule has 1 heterocycles. The Morgan fingerprint density at radius 2 is 2.00 bits per heavy atom. The SMILES string of the molecule is CNC(Cc1cccc(C(F)(F)F)c1)c1cscc1C. The summed E-state index contributed by atoms with van der Waals surface area (Å²) in [6.07, 6.45) is -3.75. The van der Waals surface area contributed by atoms with Crippen molar-refractivity contribution >= 4 is 11.3 Å². The van der Waals surface area contributed by atoms with Gasteiger partial charge in [-0.25, -0.2) is 0 Å². The smallest absolute Gasteiger partial charge is 0.313 e. The Hall–Kier alpha value is -1.33. The Kier molecular flexibility index (Phi) is 4.50. The molecule has 1 atom stereocenters. The molecule has 0 spiro atoms. The van der Waals surface area contributed by atoms with Crippen molar-refractivity contribution in [3.05, 3.63) is 57.3 Å². The van der Waals surface area contributed by atoms with Gasteiger partial charge in [-0.2, -0.15) is 24.5 Å². The lowest BCUT2D eigenvalue weighted by molar-refractivity contribution is -0.137. The van der Waals surface area contributed by atoms with Crippen molar-refractivity contribution in [1.82, 2.24) is 5.32 Å². The summed E-state index contributed by atoms with van der Waals surface area (Å²) >= 11 is 1.61. The number of rotatable bonds is 4. The monoisotopic (exact) mass is 299 g/mol. The Bertz CT molecular complexity index is 574. The maximum Gasteiger partial charge on any atom is 0.416 e. The highest BCUT2D eigenvalue weighted by molar-refractivity contribution is 7.08. The zero-order valence-electron chi connectivity index (χ0n) is 11.3. The fourth-order valence-electron chi connectivity index (χ4n) is 2.21. The molecule has 1 aromatic heterocycles. The molecule has 0 radical (unpaired) electrons. The second-order valence-electron chi connectivity index (χ2n) is 4.75. The Labute approximate surface area is 120 Å². The van der Waals surface area contributed by atoms with Crippen LogP contribution in [-0.4, -0.2) is 7.05 Å². The third-order valence-electron chi connectivity index (χ3n) is 3.31. The molecule has 0 aliphatic rings. The fraction of sp³-hybridized carbons (Fsp3) is 0.333. The number of nitrogens with one attached hydrogen (secondary N) is 1. The van der Waals surface area contributed by atoms with E-state index in [1.807, 2.05) is 24.7 Å². The normalized spacial score (nSPS) is 13.4. The van der Waals surface area contributed by atoms with E-state index in [1.54, 1.807) is 17.4 Å². The third kappa shape index (κ3) is 3.41. The number of alkyl halides is 3. The standard InChI is InChI=1S/C15H16F3NS/c1-10-8-20-9-13(10)14(19-2)7-11-4-3-5-12(6-11)15(16,17)18/h3-6,8-9,14,19H,7H2,1-2H3. The predicted octanol–water partition coefficient (Wildman–Crippen LogP) is 4.58. The minimum atomic E-state index is -4.29. The molecule has 20 heavy (non-hydrogen) atoms. The summed E-state index contributed by atoms with van der Waals surface area (Å²) in [7, 11) is 1.83. The third-order valence-corrected chi connectivity index (χ3v) is 4.19. The second kappa shape index (κ2) is 5.97. The summed E-state index contributed by atoms with van der Waals surface area (Å²) in [6, 6.07) is 5.57. The van der Waals surface area contributed by atoms with Crippen molar-refractivity contribution in [3.63, 3.8) is 0 Å². The second-order valence-corrected chi connectivity index (χ2v) is 5.50. The van der Waals surface area contributed by atoms with Crippen LogP contribution in [-0.2, 0) is 12.6 Å². The van der Waals surface area contributed by atoms with Crippen LogP contribution in [0.3, 0.4) is 0 Å². The van der Waals surface area contributed by atoms with Gasteiger partial charge in [0.2, 0.25) is 0 Å². The van der Waals surface area contributed by atoms with Crippen LogP contribution < -0.4 is 5.32 Å². The van der Waals surface area contributed by atoms with Crippen LogP contribution in [0, 0.1) is 6.92 Å². The van der Waals surface area contributed by atoms with Crippen LogP contribution in [0.4, 0.5) is 13.2 Å². The molecule has 0 saturated carbocycles. The van der Waals surface area contributed by atoms with Crippen molar-refractivity contribution in [2.75, 3.05) is 7.05 Å². The molecule has 0 aliphatic heterocycles. The quantitative estimate of drug-likeness (QED) is 0.871. The minimum Gasteiger partial charge on any atom is -0.313 e. The molecule has 0 bridgehead atoms. The summed E-state index contributed by atoms with van der Waals surface area (Å²) in [5.74, 6) is 0. The van der Waals surface area contributed by atoms with Gasteiger partial charge in [-0.3, -0.25) is 0 Å². The first-order valence-corrected chi connectivity index (χ1v) is 7.22. The van der Waals surface area contributed by atoms with Crippen LogP contribution in [0.5, 0.6) is 0 Å². The zero-order valence-corrected chi connectivity index (χ0v) is 12.1. The first-order chi connectivity index (χ1) is 9.41. The predicted molar refractivity (Wildman–Crippen MR) is 76.0 cm³/mol. The van der Waals surface area contributed by atoms with E-state index in [1.165, 1.54) is 17.7 Å². The van der Waals surface area contributed by atoms with Gasteiger partial charge in [-0.05, 0) is 53.9 Å². The highest BCUT2D eigenvalue weighted by atomic mass is 32.1. The van der Waals surface area contributed by atoms with Gasteiger partial charge in [-0.15, -0.1) is 0 Å². The molecule has 1 N–H and O–H groups in total. The lowest BCUT2D eigenvalue weighted by Crippen LogP contribution is -2.19. The van der Waals surface area contributed by atoms with E-state index in [2.05, 4.69) is 5.32 Å². The van der Waals surface area contributed by atoms with Crippen molar-refractivity contribution in [2.45, 2.75) is 25.6 Å². The van der Waals surface area contributed by atoms with E-state index in [0.717, 1.165) is 11.6 Å². The molecular weight excluding hydrogens is 283 g/mol. The summed E-state index contributed by atoms with van der Waals surface area (Å²) in [4.78, 5) is 0. The van der Waals surface area contributed by atoms with E-state index >= 15 is 0 Å². The van der Waals surface area contributed by atoms with Crippen molar-refractivity contribution in [1.29, 1.82) is 0 Å². The van der Waals surface area contributed by atoms with Crippen LogP contribution in [0.25, 0.3) is 0 Å². The number of hydrogen-bond acceptors (Lipinski definition) is 2. The van der Waals surface area contributed by atoms with Gasteiger partial charge in [0.05, 0.1) is 5.56 Å². The average molecular weight is 299 g/mol. The Morgan fingerprint density at radius 1 is 1.25 bits per heavy atom. The van der Waals surface area contributed by atoms with Gasteiger partial charge in [0, 0.05) is 6.04 Å². The summed E-state index contributed by atoms with van der Waals surface area (Å²) in [5, 5.41) is 7.27. The first-order valence-electron chi connectivity index (χ1n) is 6.28. The van der Waals surface area contributed by atoms with Crippen LogP contribution in [0.2, 0.25) is 0 Å². The van der Waals surface area contributed by atoms with Gasteiger partial charge in [0.15, 0.2) is 0 Å². The first kappa shape index (κ1) is 15.1. The zero-order chi connectivity index (χ0) is 14.8. The number of likely N-dealkylation sites (N-methyl/N-ethyl adjacent to an activating group) is 1. The van der Waals surface area contributed by atoms with Crippen molar-refractivity contribution < 1.29 is 13.2 Å². The number of halogens is 3. The van der Waals surface area contributed by atoms with Crippen LogP contribution in [0.1, 0.15) is 28.3 Å².